The molecule has 1 atom stereocenters. The van der Waals surface area contributed by atoms with Crippen molar-refractivity contribution in [1.82, 2.24) is 19.3 Å². The van der Waals surface area contributed by atoms with Crippen LogP contribution in [-0.2, 0) is 10.0 Å². The molecule has 2 aromatic rings. The Morgan fingerprint density at radius 2 is 1.78 bits per heavy atom. The van der Waals surface area contributed by atoms with E-state index in [0.717, 1.165) is 18.1 Å². The first-order chi connectivity index (χ1) is 15.4. The lowest BCUT2D eigenvalue weighted by Crippen LogP contribution is -2.48. The molecule has 1 aliphatic carbocycles. The predicted octanol–water partition coefficient (Wildman–Crippen LogP) is 2.56. The highest BCUT2D eigenvalue weighted by Gasteiger charge is 2.34. The van der Waals surface area contributed by atoms with E-state index in [1.165, 1.54) is 41.8 Å². The molecule has 1 N–H and O–H groups in total. The first-order valence-electron chi connectivity index (χ1n) is 11.5. The standard InChI is InChI=1S/C22H31N7O2S/c1-16-15-29(17-5-3-4-6-17)21-19(16)14-24-22(26-21)25-20-8-7-18(13-23-20)27-9-11-28(12-10-27)32(2,30)31/h7-8,13-14,16-17H,3-6,9-12,15H2,1-2H3,(H,23,24,25,26). The summed E-state index contributed by atoms with van der Waals surface area (Å²) in [6.45, 7) is 5.59. The van der Waals surface area contributed by atoms with E-state index in [9.17, 15) is 8.42 Å². The van der Waals surface area contributed by atoms with Crippen LogP contribution in [-0.4, -0.2) is 72.7 Å². The summed E-state index contributed by atoms with van der Waals surface area (Å²) in [5.74, 6) is 2.80. The summed E-state index contributed by atoms with van der Waals surface area (Å²) in [5.41, 5.74) is 2.22. The minimum Gasteiger partial charge on any atom is -0.368 e. The number of rotatable bonds is 5. The summed E-state index contributed by atoms with van der Waals surface area (Å²) in [5, 5.41) is 3.25. The molecule has 2 aromatic heterocycles. The molecule has 3 aliphatic rings. The van der Waals surface area contributed by atoms with Gasteiger partial charge in [-0.3, -0.25) is 0 Å². The number of hydrogen-bond donors (Lipinski definition) is 1. The number of hydrogen-bond acceptors (Lipinski definition) is 8. The Hall–Kier alpha value is -2.46. The molecule has 1 saturated heterocycles. The maximum absolute atomic E-state index is 11.7. The van der Waals surface area contributed by atoms with Gasteiger partial charge in [0.05, 0.1) is 18.1 Å². The van der Waals surface area contributed by atoms with Crippen LogP contribution in [0.4, 0.5) is 23.3 Å². The van der Waals surface area contributed by atoms with Crippen LogP contribution >= 0.6 is 0 Å². The highest BCUT2D eigenvalue weighted by atomic mass is 32.2. The Bertz CT molecular complexity index is 1060. The van der Waals surface area contributed by atoms with Gasteiger partial charge in [-0.15, -0.1) is 0 Å². The zero-order valence-corrected chi connectivity index (χ0v) is 19.6. The van der Waals surface area contributed by atoms with Crippen LogP contribution in [0, 0.1) is 0 Å². The highest BCUT2D eigenvalue weighted by Crippen LogP contribution is 2.39. The minimum absolute atomic E-state index is 0.459. The van der Waals surface area contributed by atoms with E-state index in [1.54, 1.807) is 0 Å². The summed E-state index contributed by atoms with van der Waals surface area (Å²) in [4.78, 5) is 18.6. The Morgan fingerprint density at radius 1 is 1.03 bits per heavy atom. The first-order valence-corrected chi connectivity index (χ1v) is 13.3. The minimum atomic E-state index is -3.13. The van der Waals surface area contributed by atoms with E-state index in [1.807, 2.05) is 24.5 Å². The van der Waals surface area contributed by atoms with Gasteiger partial charge in [-0.2, -0.15) is 9.29 Å². The smallest absolute Gasteiger partial charge is 0.230 e. The maximum atomic E-state index is 11.7. The molecule has 1 unspecified atom stereocenters. The number of piperazine rings is 1. The molecule has 1 saturated carbocycles. The molecule has 0 amide bonds. The molecule has 172 valence electrons. The second-order valence-electron chi connectivity index (χ2n) is 9.14. The van der Waals surface area contributed by atoms with Gasteiger partial charge in [0.15, 0.2) is 0 Å². The molecular formula is C22H31N7O2S. The van der Waals surface area contributed by atoms with Crippen molar-refractivity contribution in [3.8, 4) is 0 Å². The molecule has 0 spiro atoms. The van der Waals surface area contributed by atoms with Crippen LogP contribution in [0.5, 0.6) is 0 Å². The van der Waals surface area contributed by atoms with Crippen LogP contribution < -0.4 is 15.1 Å². The summed E-state index contributed by atoms with van der Waals surface area (Å²) in [6.07, 6.45) is 10.2. The van der Waals surface area contributed by atoms with Crippen molar-refractivity contribution >= 4 is 33.3 Å². The van der Waals surface area contributed by atoms with Crippen molar-refractivity contribution in [3.63, 3.8) is 0 Å². The third-order valence-corrected chi connectivity index (χ3v) is 8.20. The third kappa shape index (κ3) is 4.25. The second kappa shape index (κ2) is 8.47. The number of fused-ring (bicyclic) bond motifs is 1. The van der Waals surface area contributed by atoms with Gasteiger partial charge in [0.25, 0.3) is 0 Å². The lowest BCUT2D eigenvalue weighted by atomic mass is 10.1. The molecule has 9 nitrogen and oxygen atoms in total. The number of aromatic nitrogens is 3. The van der Waals surface area contributed by atoms with Gasteiger partial charge in [0, 0.05) is 56.4 Å². The zero-order chi connectivity index (χ0) is 22.3. The van der Waals surface area contributed by atoms with E-state index in [2.05, 4.69) is 32.0 Å². The van der Waals surface area contributed by atoms with E-state index < -0.39 is 10.0 Å². The van der Waals surface area contributed by atoms with Gasteiger partial charge < -0.3 is 15.1 Å². The molecule has 0 radical (unpaired) electrons. The molecule has 0 aromatic carbocycles. The van der Waals surface area contributed by atoms with E-state index in [-0.39, 0.29) is 0 Å². The second-order valence-corrected chi connectivity index (χ2v) is 11.1. The topological polar surface area (TPSA) is 94.6 Å². The van der Waals surface area contributed by atoms with E-state index in [0.29, 0.717) is 49.9 Å². The van der Waals surface area contributed by atoms with Gasteiger partial charge in [0.2, 0.25) is 16.0 Å². The van der Waals surface area contributed by atoms with Gasteiger partial charge >= 0.3 is 0 Å². The fraction of sp³-hybridized carbons (Fsp3) is 0.591. The van der Waals surface area contributed by atoms with Crippen LogP contribution in [0.15, 0.2) is 24.5 Å². The fourth-order valence-corrected chi connectivity index (χ4v) is 5.90. The van der Waals surface area contributed by atoms with Crippen molar-refractivity contribution in [2.24, 2.45) is 0 Å². The molecule has 0 bridgehead atoms. The molecule has 2 aliphatic heterocycles. The largest absolute Gasteiger partial charge is 0.368 e. The Labute approximate surface area is 189 Å². The lowest BCUT2D eigenvalue weighted by Gasteiger charge is -2.34. The van der Waals surface area contributed by atoms with E-state index in [4.69, 9.17) is 4.98 Å². The first kappa shape index (κ1) is 21.4. The summed E-state index contributed by atoms with van der Waals surface area (Å²) < 4.78 is 24.9. The Balaban J connectivity index is 1.26. The molecule has 5 rings (SSSR count). The Kier molecular flexibility index (Phi) is 5.66. The lowest BCUT2D eigenvalue weighted by molar-refractivity contribution is 0.388. The molecule has 2 fully saturated rings. The van der Waals surface area contributed by atoms with Crippen LogP contribution in [0.1, 0.15) is 44.1 Å². The average molecular weight is 458 g/mol. The fourth-order valence-electron chi connectivity index (χ4n) is 5.08. The van der Waals surface area contributed by atoms with Crippen molar-refractivity contribution in [3.05, 3.63) is 30.1 Å². The van der Waals surface area contributed by atoms with Gasteiger partial charge in [0.1, 0.15) is 11.6 Å². The predicted molar refractivity (Wildman–Crippen MR) is 126 cm³/mol. The highest BCUT2D eigenvalue weighted by molar-refractivity contribution is 7.88. The molecular weight excluding hydrogens is 426 g/mol. The van der Waals surface area contributed by atoms with Crippen molar-refractivity contribution in [2.45, 2.75) is 44.6 Å². The van der Waals surface area contributed by atoms with Gasteiger partial charge in [-0.25, -0.2) is 18.4 Å². The number of sulfonamides is 1. The van der Waals surface area contributed by atoms with E-state index >= 15 is 0 Å². The summed E-state index contributed by atoms with van der Waals surface area (Å²) in [7, 11) is -3.13. The van der Waals surface area contributed by atoms with Gasteiger partial charge in [-0.1, -0.05) is 19.8 Å². The summed E-state index contributed by atoms with van der Waals surface area (Å²) in [6, 6.07) is 4.53. The van der Waals surface area contributed by atoms with Gasteiger partial charge in [-0.05, 0) is 25.0 Å². The van der Waals surface area contributed by atoms with Crippen molar-refractivity contribution in [1.29, 1.82) is 0 Å². The molecule has 4 heterocycles. The van der Waals surface area contributed by atoms with Crippen LogP contribution in [0.2, 0.25) is 0 Å². The average Bonchev–Trinajstić information content (AvgIpc) is 3.42. The van der Waals surface area contributed by atoms with Crippen molar-refractivity contribution in [2.75, 3.05) is 54.1 Å². The number of nitrogens with one attached hydrogen (secondary N) is 1. The number of anilines is 4. The number of pyridine rings is 1. The Morgan fingerprint density at radius 3 is 2.44 bits per heavy atom. The SMILES string of the molecule is CC1CN(C2CCCC2)c2nc(Nc3ccc(N4CCN(S(C)(=O)=O)CC4)cn3)ncc21. The third-order valence-electron chi connectivity index (χ3n) is 6.90. The van der Waals surface area contributed by atoms with Crippen LogP contribution in [0.25, 0.3) is 0 Å². The van der Waals surface area contributed by atoms with Crippen LogP contribution in [0.3, 0.4) is 0 Å². The quantitative estimate of drug-likeness (QED) is 0.732. The monoisotopic (exact) mass is 457 g/mol. The number of nitrogens with zero attached hydrogens (tertiary/aromatic N) is 6. The normalized spacial score (nSPS) is 22.4. The molecule has 32 heavy (non-hydrogen) atoms. The maximum Gasteiger partial charge on any atom is 0.230 e. The summed E-state index contributed by atoms with van der Waals surface area (Å²) >= 11 is 0. The van der Waals surface area contributed by atoms with Crippen molar-refractivity contribution < 1.29 is 8.42 Å². The molecule has 10 heteroatoms. The zero-order valence-electron chi connectivity index (χ0n) is 18.7.